The Morgan fingerprint density at radius 3 is 2.22 bits per heavy atom. The van der Waals surface area contributed by atoms with E-state index < -0.39 is 48.1 Å². The summed E-state index contributed by atoms with van der Waals surface area (Å²) in [5.74, 6) is -1.56. The second-order valence-electron chi connectivity index (χ2n) is 13.3. The van der Waals surface area contributed by atoms with Crippen LogP contribution in [-0.4, -0.2) is 64.0 Å². The number of ether oxygens (including phenoxy) is 1. The molecule has 2 aliphatic rings. The van der Waals surface area contributed by atoms with E-state index in [2.05, 4.69) is 10.6 Å². The molecule has 45 heavy (non-hydrogen) atoms. The van der Waals surface area contributed by atoms with Crippen molar-refractivity contribution in [2.45, 2.75) is 116 Å². The molecule has 2 aromatic rings. The van der Waals surface area contributed by atoms with Crippen molar-refractivity contribution in [3.63, 3.8) is 0 Å². The molecule has 9 nitrogen and oxygen atoms in total. The van der Waals surface area contributed by atoms with Crippen LogP contribution in [0.15, 0.2) is 54.6 Å². The lowest BCUT2D eigenvalue weighted by Gasteiger charge is -2.32. The van der Waals surface area contributed by atoms with Crippen LogP contribution in [0.4, 0.5) is 0 Å². The Balaban J connectivity index is 1.55. The molecule has 244 valence electrons. The minimum Gasteiger partial charge on any atom is -0.461 e. The van der Waals surface area contributed by atoms with Crippen LogP contribution < -0.4 is 10.6 Å². The van der Waals surface area contributed by atoms with E-state index in [0.29, 0.717) is 24.9 Å². The van der Waals surface area contributed by atoms with Gasteiger partial charge < -0.3 is 25.4 Å². The van der Waals surface area contributed by atoms with Gasteiger partial charge in [-0.3, -0.25) is 14.4 Å². The van der Waals surface area contributed by atoms with Crippen molar-refractivity contribution in [2.24, 2.45) is 11.8 Å². The fourth-order valence-corrected chi connectivity index (χ4v) is 6.48. The topological polar surface area (TPSA) is 125 Å². The number of carbonyl (C=O) groups excluding carboxylic acids is 4. The third-order valence-electron chi connectivity index (χ3n) is 8.75. The number of nitrogens with zero attached hydrogens (tertiary/aromatic N) is 1. The number of carbonyl (C=O) groups is 4. The van der Waals surface area contributed by atoms with Crippen molar-refractivity contribution in [1.29, 1.82) is 0 Å². The van der Waals surface area contributed by atoms with Gasteiger partial charge in [-0.1, -0.05) is 94.5 Å². The largest absolute Gasteiger partial charge is 0.461 e. The number of hydrogen-bond donors (Lipinski definition) is 3. The van der Waals surface area contributed by atoms with E-state index in [0.717, 1.165) is 43.2 Å². The van der Waals surface area contributed by atoms with Gasteiger partial charge in [-0.05, 0) is 55.7 Å². The van der Waals surface area contributed by atoms with Crippen LogP contribution in [0.3, 0.4) is 0 Å². The summed E-state index contributed by atoms with van der Waals surface area (Å²) in [4.78, 5) is 55.8. The van der Waals surface area contributed by atoms with Crippen LogP contribution in [0.2, 0.25) is 0 Å². The van der Waals surface area contributed by atoms with Gasteiger partial charge in [0.1, 0.15) is 12.1 Å². The lowest BCUT2D eigenvalue weighted by Crippen LogP contribution is -2.58. The van der Waals surface area contributed by atoms with Crippen molar-refractivity contribution >= 4 is 23.7 Å². The number of benzene rings is 2. The van der Waals surface area contributed by atoms with Crippen LogP contribution in [0.5, 0.6) is 0 Å². The van der Waals surface area contributed by atoms with Crippen molar-refractivity contribution in [2.75, 3.05) is 0 Å². The molecule has 1 aliphatic heterocycles. The summed E-state index contributed by atoms with van der Waals surface area (Å²) in [5.41, 5.74) is 2.33. The first kappa shape index (κ1) is 34.2. The number of rotatable bonds is 14. The second kappa shape index (κ2) is 16.0. The van der Waals surface area contributed by atoms with Gasteiger partial charge in [0.25, 0.3) is 5.91 Å². The van der Waals surface area contributed by atoms with Crippen LogP contribution in [-0.2, 0) is 32.1 Å². The fraction of sp³-hybridized carbons (Fsp3) is 0.556. The van der Waals surface area contributed by atoms with Gasteiger partial charge in [-0.15, -0.1) is 0 Å². The van der Waals surface area contributed by atoms with Crippen molar-refractivity contribution in [1.82, 2.24) is 15.5 Å². The van der Waals surface area contributed by atoms with Crippen LogP contribution in [0.1, 0.15) is 94.1 Å². The monoisotopic (exact) mass is 619 g/mol. The van der Waals surface area contributed by atoms with E-state index in [-0.39, 0.29) is 24.2 Å². The van der Waals surface area contributed by atoms with Crippen molar-refractivity contribution in [3.05, 3.63) is 71.3 Å². The highest BCUT2D eigenvalue weighted by molar-refractivity contribution is 6.01. The lowest BCUT2D eigenvalue weighted by molar-refractivity contribution is -0.159. The van der Waals surface area contributed by atoms with Crippen LogP contribution in [0.25, 0.3) is 0 Å². The van der Waals surface area contributed by atoms with E-state index in [4.69, 9.17) is 4.74 Å². The van der Waals surface area contributed by atoms with Gasteiger partial charge in [0.15, 0.2) is 6.10 Å². The normalized spacial score (nSPS) is 17.8. The summed E-state index contributed by atoms with van der Waals surface area (Å²) in [6.07, 6.45) is 4.38. The number of fused-ring (bicyclic) bond motifs is 1. The quantitative estimate of drug-likeness (QED) is 0.267. The van der Waals surface area contributed by atoms with E-state index in [1.165, 1.54) is 0 Å². The third kappa shape index (κ3) is 9.39. The maximum Gasteiger partial charge on any atom is 0.337 e. The molecule has 1 saturated carbocycles. The lowest BCUT2D eigenvalue weighted by atomic mass is 9.83. The maximum atomic E-state index is 14.1. The smallest absolute Gasteiger partial charge is 0.337 e. The second-order valence-corrected chi connectivity index (χ2v) is 13.3. The minimum absolute atomic E-state index is 0.0546. The summed E-state index contributed by atoms with van der Waals surface area (Å²) >= 11 is 0. The molecule has 0 saturated heterocycles. The van der Waals surface area contributed by atoms with E-state index >= 15 is 0 Å². The summed E-state index contributed by atoms with van der Waals surface area (Å²) < 4.78 is 5.29. The molecule has 0 bridgehead atoms. The van der Waals surface area contributed by atoms with Gasteiger partial charge in [0.2, 0.25) is 11.8 Å². The highest BCUT2D eigenvalue weighted by Crippen LogP contribution is 2.29. The zero-order valence-electron chi connectivity index (χ0n) is 27.0. The minimum atomic E-state index is -1.53. The summed E-state index contributed by atoms with van der Waals surface area (Å²) in [5, 5.41) is 16.9. The zero-order chi connectivity index (χ0) is 32.5. The summed E-state index contributed by atoms with van der Waals surface area (Å²) in [6, 6.07) is 14.2. The SMILES string of the molecule is CC(C)CC(NC(=O)[C@H](Cc1ccccc1)N1Cc2ccccc2C1=O)C(=O)N[C@@H](CC1CCCCC1)C(O)C(=O)OC(C)C. The van der Waals surface area contributed by atoms with Crippen LogP contribution >= 0.6 is 0 Å². The van der Waals surface area contributed by atoms with Crippen molar-refractivity contribution in [3.8, 4) is 0 Å². The predicted molar refractivity (Wildman–Crippen MR) is 172 cm³/mol. The van der Waals surface area contributed by atoms with E-state index in [9.17, 15) is 24.3 Å². The molecule has 3 N–H and O–H groups in total. The van der Waals surface area contributed by atoms with Gasteiger partial charge >= 0.3 is 5.97 Å². The van der Waals surface area contributed by atoms with E-state index in [1.54, 1.807) is 24.8 Å². The standard InChI is InChI=1S/C36H49N3O6/c1-23(2)19-30(33(41)37-29(20-25-13-7-5-8-14-25)32(40)36(44)45-24(3)4)38-34(42)31(21-26-15-9-6-10-16-26)39-22-27-17-11-12-18-28(27)35(39)43/h6,9-12,15-18,23-25,29-32,40H,5,7-8,13-14,19-22H2,1-4H3,(H,37,41)(H,38,42)/t29-,30?,31-,32?/m0/s1. The highest BCUT2D eigenvalue weighted by Gasteiger charge is 2.39. The molecule has 0 spiro atoms. The first-order valence-corrected chi connectivity index (χ1v) is 16.5. The van der Waals surface area contributed by atoms with E-state index in [1.807, 2.05) is 62.4 Å². The Morgan fingerprint density at radius 1 is 0.911 bits per heavy atom. The maximum absolute atomic E-state index is 14.1. The Kier molecular flexibility index (Phi) is 12.2. The molecule has 2 aromatic carbocycles. The van der Waals surface area contributed by atoms with Gasteiger partial charge in [0.05, 0.1) is 12.1 Å². The van der Waals surface area contributed by atoms with Gasteiger partial charge in [-0.2, -0.15) is 0 Å². The Bertz CT molecular complexity index is 1310. The molecule has 0 aromatic heterocycles. The van der Waals surface area contributed by atoms with Gasteiger partial charge in [-0.25, -0.2) is 4.79 Å². The first-order chi connectivity index (χ1) is 21.5. The Labute approximate surface area is 267 Å². The molecule has 1 fully saturated rings. The number of aliphatic hydroxyl groups excluding tert-OH is 1. The number of esters is 1. The number of amides is 3. The Hall–Kier alpha value is -3.72. The molecular weight excluding hydrogens is 570 g/mol. The zero-order valence-corrected chi connectivity index (χ0v) is 27.0. The van der Waals surface area contributed by atoms with Crippen LogP contribution in [0, 0.1) is 11.8 Å². The molecule has 1 heterocycles. The molecule has 9 heteroatoms. The molecule has 3 amide bonds. The first-order valence-electron chi connectivity index (χ1n) is 16.5. The fourth-order valence-electron chi connectivity index (χ4n) is 6.48. The average molecular weight is 620 g/mol. The van der Waals surface area contributed by atoms with Gasteiger partial charge in [0, 0.05) is 18.5 Å². The molecule has 4 rings (SSSR count). The molecule has 2 unspecified atom stereocenters. The number of hydrogen-bond acceptors (Lipinski definition) is 6. The molecule has 1 aliphatic carbocycles. The number of aliphatic hydroxyl groups is 1. The molecule has 0 radical (unpaired) electrons. The average Bonchev–Trinajstić information content (AvgIpc) is 3.35. The molecule has 4 atom stereocenters. The molecular formula is C36H49N3O6. The van der Waals surface area contributed by atoms with Crippen molar-refractivity contribution < 1.29 is 29.0 Å². The number of nitrogens with one attached hydrogen (secondary N) is 2. The Morgan fingerprint density at radius 2 is 1.58 bits per heavy atom. The summed E-state index contributed by atoms with van der Waals surface area (Å²) in [6.45, 7) is 7.65. The summed E-state index contributed by atoms with van der Waals surface area (Å²) in [7, 11) is 0. The third-order valence-corrected chi connectivity index (χ3v) is 8.75. The predicted octanol–water partition coefficient (Wildman–Crippen LogP) is 4.55. The highest BCUT2D eigenvalue weighted by atomic mass is 16.6.